The SMILES string of the molecule is CC(C)Oc1ccc(-c2noc(-c3ccc(NC4CC[C@H](P(=O)(O)O)C4)cc3)n2)cc1Cl. The minimum Gasteiger partial charge on any atom is -0.489 e. The Morgan fingerprint density at radius 3 is 2.50 bits per heavy atom. The first-order valence-electron chi connectivity index (χ1n) is 10.4. The molecule has 8 nitrogen and oxygen atoms in total. The maximum absolute atomic E-state index is 11.4. The van der Waals surface area contributed by atoms with E-state index in [4.69, 9.17) is 20.9 Å². The number of rotatable bonds is 7. The minimum absolute atomic E-state index is 0.0220. The summed E-state index contributed by atoms with van der Waals surface area (Å²) in [5, 5.41) is 7.88. The first kappa shape index (κ1) is 22.8. The third-order valence-corrected chi connectivity index (χ3v) is 7.08. The molecule has 1 heterocycles. The van der Waals surface area contributed by atoms with Crippen molar-refractivity contribution < 1.29 is 23.6 Å². The molecule has 3 aromatic rings. The molecule has 2 aromatic carbocycles. The van der Waals surface area contributed by atoms with Crippen LogP contribution in [0.4, 0.5) is 5.69 Å². The zero-order chi connectivity index (χ0) is 22.9. The maximum atomic E-state index is 11.4. The highest BCUT2D eigenvalue weighted by Gasteiger charge is 2.36. The van der Waals surface area contributed by atoms with Gasteiger partial charge in [-0.1, -0.05) is 16.8 Å². The third-order valence-electron chi connectivity index (χ3n) is 5.36. The van der Waals surface area contributed by atoms with Gasteiger partial charge in [0.05, 0.1) is 16.8 Å². The van der Waals surface area contributed by atoms with Crippen LogP contribution in [-0.4, -0.2) is 37.7 Å². The monoisotopic (exact) mass is 477 g/mol. The molecule has 32 heavy (non-hydrogen) atoms. The molecule has 0 saturated heterocycles. The fourth-order valence-corrected chi connectivity index (χ4v) is 5.03. The number of ether oxygens (including phenoxy) is 1. The lowest BCUT2D eigenvalue weighted by Crippen LogP contribution is -2.16. The van der Waals surface area contributed by atoms with Gasteiger partial charge in [-0.25, -0.2) is 0 Å². The fraction of sp³-hybridized carbons (Fsp3) is 0.364. The Balaban J connectivity index is 1.43. The molecular formula is C22H25ClN3O5P. The zero-order valence-corrected chi connectivity index (χ0v) is 19.4. The van der Waals surface area contributed by atoms with Gasteiger partial charge in [0.25, 0.3) is 5.89 Å². The van der Waals surface area contributed by atoms with Crippen LogP contribution in [0.15, 0.2) is 47.0 Å². The summed E-state index contributed by atoms with van der Waals surface area (Å²) in [5.41, 5.74) is 1.80. The molecule has 1 aliphatic rings. The Hall–Kier alpha value is -2.38. The Labute approximate surface area is 191 Å². The highest BCUT2D eigenvalue weighted by molar-refractivity contribution is 7.52. The van der Waals surface area contributed by atoms with Gasteiger partial charge in [0.1, 0.15) is 5.75 Å². The molecule has 10 heteroatoms. The highest BCUT2D eigenvalue weighted by Crippen LogP contribution is 2.49. The van der Waals surface area contributed by atoms with Crippen LogP contribution in [0.5, 0.6) is 5.75 Å². The Kier molecular flexibility index (Phi) is 6.58. The molecule has 2 atom stereocenters. The van der Waals surface area contributed by atoms with Crippen LogP contribution in [0, 0.1) is 0 Å². The second-order valence-electron chi connectivity index (χ2n) is 8.21. The van der Waals surface area contributed by atoms with E-state index in [1.165, 1.54) is 0 Å². The van der Waals surface area contributed by atoms with Gasteiger partial charge in [0.2, 0.25) is 5.82 Å². The van der Waals surface area contributed by atoms with Crippen molar-refractivity contribution >= 4 is 24.9 Å². The molecule has 4 rings (SSSR count). The summed E-state index contributed by atoms with van der Waals surface area (Å²) >= 11 is 6.31. The van der Waals surface area contributed by atoms with E-state index < -0.39 is 13.3 Å². The summed E-state index contributed by atoms with van der Waals surface area (Å²) < 4.78 is 22.5. The van der Waals surface area contributed by atoms with Gasteiger partial charge in [-0.3, -0.25) is 4.57 Å². The van der Waals surface area contributed by atoms with Gasteiger partial charge >= 0.3 is 7.60 Å². The number of anilines is 1. The van der Waals surface area contributed by atoms with E-state index in [1.807, 2.05) is 44.2 Å². The van der Waals surface area contributed by atoms with Gasteiger partial charge in [-0.2, -0.15) is 4.98 Å². The zero-order valence-electron chi connectivity index (χ0n) is 17.7. The van der Waals surface area contributed by atoms with Crippen LogP contribution in [0.3, 0.4) is 0 Å². The van der Waals surface area contributed by atoms with Crippen LogP contribution in [0.25, 0.3) is 22.8 Å². The average molecular weight is 478 g/mol. The number of hydrogen-bond acceptors (Lipinski definition) is 6. The van der Waals surface area contributed by atoms with Crippen LogP contribution in [-0.2, 0) is 4.57 Å². The van der Waals surface area contributed by atoms with Crippen molar-refractivity contribution in [1.82, 2.24) is 10.1 Å². The van der Waals surface area contributed by atoms with Crippen LogP contribution < -0.4 is 10.1 Å². The smallest absolute Gasteiger partial charge is 0.328 e. The van der Waals surface area contributed by atoms with Gasteiger partial charge < -0.3 is 24.4 Å². The summed E-state index contributed by atoms with van der Waals surface area (Å²) in [7, 11) is -4.02. The summed E-state index contributed by atoms with van der Waals surface area (Å²) in [5.74, 6) is 1.41. The van der Waals surface area contributed by atoms with E-state index in [2.05, 4.69) is 15.5 Å². The minimum atomic E-state index is -4.02. The van der Waals surface area contributed by atoms with E-state index in [0.29, 0.717) is 35.3 Å². The molecule has 1 saturated carbocycles. The molecule has 1 unspecified atom stereocenters. The quantitative estimate of drug-likeness (QED) is 0.389. The van der Waals surface area contributed by atoms with E-state index in [9.17, 15) is 14.4 Å². The Bertz CT molecular complexity index is 1130. The van der Waals surface area contributed by atoms with Crippen molar-refractivity contribution in [2.24, 2.45) is 0 Å². The molecule has 0 amide bonds. The van der Waals surface area contributed by atoms with E-state index >= 15 is 0 Å². The molecule has 3 N–H and O–H groups in total. The molecule has 0 bridgehead atoms. The van der Waals surface area contributed by atoms with E-state index in [1.54, 1.807) is 12.1 Å². The molecule has 0 spiro atoms. The van der Waals surface area contributed by atoms with Crippen molar-refractivity contribution in [2.75, 3.05) is 5.32 Å². The number of hydrogen-bond donors (Lipinski definition) is 3. The normalized spacial score (nSPS) is 18.8. The molecule has 170 valence electrons. The van der Waals surface area contributed by atoms with Crippen molar-refractivity contribution in [1.29, 1.82) is 0 Å². The molecule has 1 fully saturated rings. The number of nitrogens with zero attached hydrogens (tertiary/aromatic N) is 2. The van der Waals surface area contributed by atoms with Crippen LogP contribution >= 0.6 is 19.2 Å². The average Bonchev–Trinajstić information content (AvgIpc) is 3.40. The lowest BCUT2D eigenvalue weighted by molar-refractivity contribution is 0.242. The van der Waals surface area contributed by atoms with Gasteiger partial charge in [0.15, 0.2) is 0 Å². The number of nitrogens with one attached hydrogen (secondary N) is 1. The second kappa shape index (κ2) is 9.24. The number of benzene rings is 2. The molecule has 0 aliphatic heterocycles. The maximum Gasteiger partial charge on any atom is 0.328 e. The van der Waals surface area contributed by atoms with E-state index in [-0.39, 0.29) is 12.1 Å². The summed E-state index contributed by atoms with van der Waals surface area (Å²) in [6.45, 7) is 3.87. The van der Waals surface area contributed by atoms with Crippen molar-refractivity contribution in [3.8, 4) is 28.6 Å². The van der Waals surface area contributed by atoms with Gasteiger partial charge in [0, 0.05) is 22.9 Å². The molecule has 1 aliphatic carbocycles. The highest BCUT2D eigenvalue weighted by atomic mass is 35.5. The summed E-state index contributed by atoms with van der Waals surface area (Å²) in [4.78, 5) is 23.2. The largest absolute Gasteiger partial charge is 0.489 e. The fourth-order valence-electron chi connectivity index (χ4n) is 3.79. The van der Waals surface area contributed by atoms with Crippen molar-refractivity contribution in [3.05, 3.63) is 47.5 Å². The van der Waals surface area contributed by atoms with Crippen LogP contribution in [0.2, 0.25) is 5.02 Å². The first-order chi connectivity index (χ1) is 15.2. The van der Waals surface area contributed by atoms with E-state index in [0.717, 1.165) is 23.2 Å². The third kappa shape index (κ3) is 5.33. The second-order valence-corrected chi connectivity index (χ2v) is 10.5. The Morgan fingerprint density at radius 2 is 1.88 bits per heavy atom. The summed E-state index contributed by atoms with van der Waals surface area (Å²) in [6, 6.07) is 12.9. The lowest BCUT2D eigenvalue weighted by Gasteiger charge is -2.15. The number of halogens is 1. The van der Waals surface area contributed by atoms with Crippen LogP contribution in [0.1, 0.15) is 33.1 Å². The van der Waals surface area contributed by atoms with Crippen molar-refractivity contribution in [3.63, 3.8) is 0 Å². The molecular weight excluding hydrogens is 453 g/mol. The van der Waals surface area contributed by atoms with Gasteiger partial charge in [-0.15, -0.1) is 0 Å². The number of aromatic nitrogens is 2. The van der Waals surface area contributed by atoms with Gasteiger partial charge in [-0.05, 0) is 75.6 Å². The van der Waals surface area contributed by atoms with Crippen molar-refractivity contribution in [2.45, 2.75) is 50.9 Å². The predicted octanol–water partition coefficient (Wildman–Crippen LogP) is 5.35. The first-order valence-corrected chi connectivity index (χ1v) is 12.5. The standard InChI is InChI=1S/C22H25ClN3O5P/c1-13(2)30-20-10-5-15(11-19(20)23)21-25-22(31-26-21)14-3-6-16(7-4-14)24-17-8-9-18(12-17)32(27,28)29/h3-7,10-11,13,17-18,24H,8-9,12H2,1-2H3,(H2,27,28,29)/t17?,18-/m0/s1. The topological polar surface area (TPSA) is 118 Å². The Morgan fingerprint density at radius 1 is 1.16 bits per heavy atom. The molecule has 0 radical (unpaired) electrons. The lowest BCUT2D eigenvalue weighted by atomic mass is 10.1. The predicted molar refractivity (Wildman–Crippen MR) is 123 cm³/mol. The molecule has 1 aromatic heterocycles. The summed E-state index contributed by atoms with van der Waals surface area (Å²) in [6.07, 6.45) is 1.74.